The topological polar surface area (TPSA) is 39.1 Å². The molecule has 0 saturated heterocycles. The van der Waals surface area contributed by atoms with Gasteiger partial charge in [-0.25, -0.2) is 0 Å². The molecule has 1 N–H and O–H groups in total. The van der Waals surface area contributed by atoms with Crippen molar-refractivity contribution < 1.29 is 4.74 Å². The zero-order valence-electron chi connectivity index (χ0n) is 13.8. The third-order valence-electron chi connectivity index (χ3n) is 3.50. The quantitative estimate of drug-likeness (QED) is 0.939. The number of ether oxygens (including phenoxy) is 1. The molecule has 0 aliphatic heterocycles. The second kappa shape index (κ2) is 5.90. The maximum Gasteiger partial charge on any atom is 0.123 e. The lowest BCUT2D eigenvalue weighted by molar-refractivity contribution is 0.408. The van der Waals surface area contributed by atoms with Crippen LogP contribution in [-0.4, -0.2) is 23.9 Å². The fraction of sp³-hybridized carbons (Fsp3) is 0.471. The van der Waals surface area contributed by atoms with Crippen LogP contribution in [0.5, 0.6) is 5.75 Å². The summed E-state index contributed by atoms with van der Waals surface area (Å²) in [6, 6.07) is 6.31. The summed E-state index contributed by atoms with van der Waals surface area (Å²) in [5.41, 5.74) is 4.65. The smallest absolute Gasteiger partial charge is 0.123 e. The Labute approximate surface area is 127 Å². The number of benzene rings is 1. The van der Waals surface area contributed by atoms with Crippen LogP contribution in [0, 0.1) is 0 Å². The van der Waals surface area contributed by atoms with Crippen LogP contribution in [0.15, 0.2) is 24.4 Å². The average molecular weight is 287 g/mol. The number of rotatable bonds is 4. The highest BCUT2D eigenvalue weighted by Crippen LogP contribution is 2.34. The molecule has 0 spiro atoms. The van der Waals surface area contributed by atoms with Crippen molar-refractivity contribution in [3.63, 3.8) is 0 Å². The molecule has 114 valence electrons. The molecule has 1 aromatic heterocycles. The van der Waals surface area contributed by atoms with Gasteiger partial charge in [0.25, 0.3) is 0 Å². The van der Waals surface area contributed by atoms with Crippen molar-refractivity contribution in [2.45, 2.75) is 32.7 Å². The van der Waals surface area contributed by atoms with Crippen LogP contribution in [0.25, 0.3) is 11.1 Å². The highest BCUT2D eigenvalue weighted by atomic mass is 16.5. The van der Waals surface area contributed by atoms with Gasteiger partial charge in [0.15, 0.2) is 0 Å². The van der Waals surface area contributed by atoms with E-state index in [1.165, 1.54) is 11.1 Å². The first-order valence-corrected chi connectivity index (χ1v) is 7.23. The molecule has 21 heavy (non-hydrogen) atoms. The fourth-order valence-corrected chi connectivity index (χ4v) is 2.53. The predicted molar refractivity (Wildman–Crippen MR) is 86.7 cm³/mol. The number of aromatic nitrogens is 2. The van der Waals surface area contributed by atoms with Gasteiger partial charge in [-0.05, 0) is 24.7 Å². The van der Waals surface area contributed by atoms with Gasteiger partial charge in [-0.2, -0.15) is 5.10 Å². The van der Waals surface area contributed by atoms with E-state index in [0.717, 1.165) is 23.6 Å². The maximum atomic E-state index is 5.43. The molecular weight excluding hydrogens is 262 g/mol. The molecule has 1 aromatic carbocycles. The van der Waals surface area contributed by atoms with Gasteiger partial charge >= 0.3 is 0 Å². The largest absolute Gasteiger partial charge is 0.496 e. The molecule has 2 aromatic rings. The summed E-state index contributed by atoms with van der Waals surface area (Å²) < 4.78 is 7.32. The van der Waals surface area contributed by atoms with E-state index >= 15 is 0 Å². The average Bonchev–Trinajstić information content (AvgIpc) is 2.81. The van der Waals surface area contributed by atoms with Gasteiger partial charge in [-0.15, -0.1) is 0 Å². The van der Waals surface area contributed by atoms with Gasteiger partial charge in [0.05, 0.1) is 12.8 Å². The molecule has 2 rings (SSSR count). The summed E-state index contributed by atoms with van der Waals surface area (Å²) >= 11 is 0. The van der Waals surface area contributed by atoms with E-state index in [2.05, 4.69) is 49.5 Å². The van der Waals surface area contributed by atoms with Gasteiger partial charge < -0.3 is 10.1 Å². The fourth-order valence-electron chi connectivity index (χ4n) is 2.53. The Morgan fingerprint density at radius 3 is 2.57 bits per heavy atom. The molecule has 1 heterocycles. The van der Waals surface area contributed by atoms with Crippen molar-refractivity contribution in [2.75, 3.05) is 14.2 Å². The van der Waals surface area contributed by atoms with Crippen LogP contribution >= 0.6 is 0 Å². The second-order valence-electron chi connectivity index (χ2n) is 6.37. The molecule has 4 heteroatoms. The van der Waals surface area contributed by atoms with E-state index in [1.54, 1.807) is 7.11 Å². The molecule has 0 unspecified atom stereocenters. The molecule has 0 atom stereocenters. The molecular formula is C17H25N3O. The van der Waals surface area contributed by atoms with Gasteiger partial charge in [0.2, 0.25) is 0 Å². The van der Waals surface area contributed by atoms with E-state index in [9.17, 15) is 0 Å². The molecule has 0 fully saturated rings. The third kappa shape index (κ3) is 3.27. The van der Waals surface area contributed by atoms with E-state index in [0.29, 0.717) is 0 Å². The van der Waals surface area contributed by atoms with Crippen molar-refractivity contribution in [3.8, 4) is 16.9 Å². The second-order valence-corrected chi connectivity index (χ2v) is 6.37. The summed E-state index contributed by atoms with van der Waals surface area (Å²) in [5.74, 6) is 0.911. The first-order valence-electron chi connectivity index (χ1n) is 7.23. The molecule has 0 amide bonds. The Morgan fingerprint density at radius 2 is 2.00 bits per heavy atom. The van der Waals surface area contributed by atoms with Gasteiger partial charge in [-0.3, -0.25) is 4.68 Å². The maximum absolute atomic E-state index is 5.43. The molecule has 4 nitrogen and oxygen atoms in total. The lowest BCUT2D eigenvalue weighted by Crippen LogP contribution is -2.14. The molecule has 0 radical (unpaired) electrons. The Morgan fingerprint density at radius 1 is 1.29 bits per heavy atom. The minimum absolute atomic E-state index is 0.0136. The third-order valence-corrected chi connectivity index (χ3v) is 3.50. The standard InChI is InChI=1S/C17H25N3O/c1-17(2,3)16-14(11-20(5)19-16)12-7-8-15(21-6)13(9-12)10-18-4/h7-9,11,18H,10H2,1-6H3. The minimum Gasteiger partial charge on any atom is -0.496 e. The van der Waals surface area contributed by atoms with Crippen molar-refractivity contribution >= 4 is 0 Å². The Kier molecular flexibility index (Phi) is 4.37. The lowest BCUT2D eigenvalue weighted by atomic mass is 9.87. The number of methoxy groups -OCH3 is 1. The molecule has 0 saturated carbocycles. The number of hydrogen-bond acceptors (Lipinski definition) is 3. The van der Waals surface area contributed by atoms with Gasteiger partial charge in [0, 0.05) is 36.3 Å². The summed E-state index contributed by atoms with van der Waals surface area (Å²) in [6.07, 6.45) is 2.09. The van der Waals surface area contributed by atoms with Crippen LogP contribution in [0.2, 0.25) is 0 Å². The van der Waals surface area contributed by atoms with E-state index in [-0.39, 0.29) is 5.41 Å². The van der Waals surface area contributed by atoms with Crippen LogP contribution in [0.4, 0.5) is 0 Å². The van der Waals surface area contributed by atoms with Crippen molar-refractivity contribution in [3.05, 3.63) is 35.7 Å². The number of nitrogens with one attached hydrogen (secondary N) is 1. The summed E-state index contributed by atoms with van der Waals surface area (Å²) in [4.78, 5) is 0. The molecule has 0 aliphatic carbocycles. The van der Waals surface area contributed by atoms with Crippen LogP contribution in [-0.2, 0) is 19.0 Å². The monoisotopic (exact) mass is 287 g/mol. The van der Waals surface area contributed by atoms with Crippen molar-refractivity contribution in [2.24, 2.45) is 7.05 Å². The highest BCUT2D eigenvalue weighted by molar-refractivity contribution is 5.68. The normalized spacial score (nSPS) is 11.7. The first-order chi connectivity index (χ1) is 9.86. The molecule has 0 aliphatic rings. The zero-order chi connectivity index (χ0) is 15.6. The number of hydrogen-bond donors (Lipinski definition) is 1. The summed E-state index contributed by atoms with van der Waals surface area (Å²) in [5, 5.41) is 7.83. The van der Waals surface area contributed by atoms with Crippen molar-refractivity contribution in [1.29, 1.82) is 0 Å². The Bertz CT molecular complexity index is 623. The van der Waals surface area contributed by atoms with Crippen LogP contribution < -0.4 is 10.1 Å². The van der Waals surface area contributed by atoms with Crippen LogP contribution in [0.3, 0.4) is 0 Å². The van der Waals surface area contributed by atoms with E-state index in [1.807, 2.05) is 24.8 Å². The SMILES string of the molecule is CNCc1cc(-c2cn(C)nc2C(C)(C)C)ccc1OC. The predicted octanol–water partition coefficient (Wildman–Crippen LogP) is 3.11. The minimum atomic E-state index is 0.0136. The van der Waals surface area contributed by atoms with Crippen molar-refractivity contribution in [1.82, 2.24) is 15.1 Å². The Hall–Kier alpha value is -1.81. The number of aryl methyl sites for hydroxylation is 1. The zero-order valence-corrected chi connectivity index (χ0v) is 13.8. The summed E-state index contributed by atoms with van der Waals surface area (Å²) in [7, 11) is 5.62. The van der Waals surface area contributed by atoms with Gasteiger partial charge in [-0.1, -0.05) is 26.8 Å². The first kappa shape index (κ1) is 15.6. The Balaban J connectivity index is 2.54. The molecule has 0 bridgehead atoms. The van der Waals surface area contributed by atoms with E-state index in [4.69, 9.17) is 4.74 Å². The highest BCUT2D eigenvalue weighted by Gasteiger charge is 2.23. The lowest BCUT2D eigenvalue weighted by Gasteiger charge is -2.18. The van der Waals surface area contributed by atoms with Gasteiger partial charge in [0.1, 0.15) is 5.75 Å². The van der Waals surface area contributed by atoms with E-state index < -0.39 is 0 Å². The van der Waals surface area contributed by atoms with Crippen LogP contribution in [0.1, 0.15) is 32.0 Å². The number of nitrogens with zero attached hydrogens (tertiary/aromatic N) is 2. The summed E-state index contributed by atoms with van der Waals surface area (Å²) in [6.45, 7) is 7.35.